The van der Waals surface area contributed by atoms with E-state index in [9.17, 15) is 0 Å². The zero-order valence-electron chi connectivity index (χ0n) is 35.8. The minimum atomic E-state index is -0.135. The van der Waals surface area contributed by atoms with Gasteiger partial charge >= 0.3 is 0 Å². The Morgan fingerprint density at radius 3 is 1.60 bits per heavy atom. The summed E-state index contributed by atoms with van der Waals surface area (Å²) in [5, 5.41) is 16.1. The molecule has 0 N–H and O–H groups in total. The minimum absolute atomic E-state index is 0.135. The molecule has 3 aromatic heterocycles. The third-order valence-corrected chi connectivity index (χ3v) is 14.8. The van der Waals surface area contributed by atoms with Crippen LogP contribution in [0.3, 0.4) is 0 Å². The van der Waals surface area contributed by atoms with Crippen molar-refractivity contribution in [3.63, 3.8) is 0 Å². The molecule has 65 heavy (non-hydrogen) atoms. The molecule has 1 aliphatic carbocycles. The van der Waals surface area contributed by atoms with Crippen LogP contribution >= 0.6 is 0 Å². The van der Waals surface area contributed by atoms with Crippen molar-refractivity contribution in [1.82, 2.24) is 19.1 Å². The Balaban J connectivity index is 1.07. The first-order valence-electron chi connectivity index (χ1n) is 22.6. The summed E-state index contributed by atoms with van der Waals surface area (Å²) in [6.07, 6.45) is 0. The van der Waals surface area contributed by atoms with Crippen LogP contribution in [0.2, 0.25) is 0 Å². The van der Waals surface area contributed by atoms with Crippen LogP contribution < -0.4 is 0 Å². The molecule has 0 saturated heterocycles. The summed E-state index contributed by atoms with van der Waals surface area (Å²) in [7, 11) is 0. The van der Waals surface area contributed by atoms with Crippen LogP contribution in [0.1, 0.15) is 25.0 Å². The van der Waals surface area contributed by atoms with Crippen LogP contribution in [0.4, 0.5) is 0 Å². The van der Waals surface area contributed by atoms with Gasteiger partial charge in [-0.05, 0) is 114 Å². The van der Waals surface area contributed by atoms with Gasteiger partial charge in [0.1, 0.15) is 0 Å². The number of aromatic nitrogens is 4. The van der Waals surface area contributed by atoms with Gasteiger partial charge in [-0.3, -0.25) is 4.57 Å². The highest BCUT2D eigenvalue weighted by atomic mass is 15.2. The Hall–Kier alpha value is -8.34. The Morgan fingerprint density at radius 1 is 0.354 bits per heavy atom. The highest BCUT2D eigenvalue weighted by Gasteiger charge is 2.35. The van der Waals surface area contributed by atoms with Crippen molar-refractivity contribution in [3.05, 3.63) is 205 Å². The molecule has 15 rings (SSSR count). The Labute approximate surface area is 373 Å². The van der Waals surface area contributed by atoms with Gasteiger partial charge in [-0.25, -0.2) is 9.97 Å². The highest BCUT2D eigenvalue weighted by Crippen LogP contribution is 2.51. The monoisotopic (exact) mass is 826 g/mol. The number of hydrogen-bond donors (Lipinski definition) is 0. The summed E-state index contributed by atoms with van der Waals surface area (Å²) in [4.78, 5) is 11.1. The normalized spacial score (nSPS) is 13.5. The Kier molecular flexibility index (Phi) is 6.72. The maximum Gasteiger partial charge on any atom is 0.235 e. The van der Waals surface area contributed by atoms with Gasteiger partial charge < -0.3 is 4.57 Å². The van der Waals surface area contributed by atoms with Gasteiger partial charge in [0.25, 0.3) is 0 Å². The first-order chi connectivity index (χ1) is 32.0. The second-order valence-electron chi connectivity index (χ2n) is 18.5. The SMILES string of the molecule is CC1(C)c2ccccc2-c2ccc(-c3nc(-n4c5ccccc5c5c6cccc7c8cccc9c8c(cc8c9c9ccccc9n8-c8ccccc8)c(cc54)c76)nc4ccccc34)cc21. The zero-order chi connectivity index (χ0) is 42.7. The summed E-state index contributed by atoms with van der Waals surface area (Å²) >= 11 is 0. The fraction of sp³-hybridized carbons (Fsp3) is 0.0492. The molecule has 0 bridgehead atoms. The molecule has 1 aliphatic rings. The van der Waals surface area contributed by atoms with E-state index in [0.29, 0.717) is 5.95 Å². The fourth-order valence-corrected chi connectivity index (χ4v) is 12.1. The molecule has 0 saturated carbocycles. The van der Waals surface area contributed by atoms with E-state index in [4.69, 9.17) is 9.97 Å². The molecule has 0 atom stereocenters. The van der Waals surface area contributed by atoms with Crippen molar-refractivity contribution >= 4 is 97.6 Å². The molecule has 4 heteroatoms. The average molecular weight is 827 g/mol. The van der Waals surface area contributed by atoms with Crippen molar-refractivity contribution in [2.24, 2.45) is 0 Å². The molecule has 0 fully saturated rings. The maximum atomic E-state index is 5.64. The number of rotatable bonds is 3. The molecule has 0 spiro atoms. The standard InChI is InChI=1S/C61H38N4/c1-61(2)48-26-10-6-18-37(48)38-31-30-35(32-49(38)61)59-41-19-7-11-27-50(41)62-60(63-59)65-52-29-13-9-21-43(52)58-45-25-15-23-40-39-22-14-24-44-55(39)46(47(56(40)45)34-54(58)65)33-53-57(44)42-20-8-12-28-51(42)64(53)36-16-4-3-5-17-36/h3-34H,1-2H3. The average Bonchev–Trinajstić information content (AvgIpc) is 3.95. The molecular formula is C61H38N4. The molecule has 11 aromatic carbocycles. The summed E-state index contributed by atoms with van der Waals surface area (Å²) in [5.41, 5.74) is 13.9. The molecule has 0 unspecified atom stereocenters. The van der Waals surface area contributed by atoms with Crippen LogP contribution in [0.15, 0.2) is 194 Å². The number of benzene rings is 11. The molecule has 302 valence electrons. The molecule has 3 heterocycles. The molecule has 0 radical (unpaired) electrons. The van der Waals surface area contributed by atoms with Crippen LogP contribution in [0, 0.1) is 0 Å². The van der Waals surface area contributed by atoms with Crippen LogP contribution in [0.5, 0.6) is 0 Å². The predicted octanol–water partition coefficient (Wildman–Crippen LogP) is 15.8. The molecule has 4 nitrogen and oxygen atoms in total. The van der Waals surface area contributed by atoms with Crippen molar-refractivity contribution in [2.75, 3.05) is 0 Å². The summed E-state index contributed by atoms with van der Waals surface area (Å²) in [5.74, 6) is 0.664. The molecule has 0 amide bonds. The summed E-state index contributed by atoms with van der Waals surface area (Å²) in [6, 6.07) is 71.4. The fourth-order valence-electron chi connectivity index (χ4n) is 12.1. The number of fused-ring (bicyclic) bond motifs is 14. The van der Waals surface area contributed by atoms with Crippen molar-refractivity contribution in [3.8, 4) is 34.0 Å². The van der Waals surface area contributed by atoms with Crippen LogP contribution in [-0.4, -0.2) is 19.1 Å². The molecule has 14 aromatic rings. The third kappa shape index (κ3) is 4.50. The van der Waals surface area contributed by atoms with Crippen LogP contribution in [-0.2, 0) is 5.41 Å². The second kappa shape index (κ2) is 12.4. The zero-order valence-corrected chi connectivity index (χ0v) is 35.8. The van der Waals surface area contributed by atoms with E-state index in [-0.39, 0.29) is 5.41 Å². The van der Waals surface area contributed by atoms with E-state index < -0.39 is 0 Å². The second-order valence-corrected chi connectivity index (χ2v) is 18.5. The van der Waals surface area contributed by atoms with Gasteiger partial charge in [0.15, 0.2) is 0 Å². The van der Waals surface area contributed by atoms with E-state index in [0.717, 1.165) is 38.9 Å². The van der Waals surface area contributed by atoms with E-state index in [1.54, 1.807) is 0 Å². The van der Waals surface area contributed by atoms with Gasteiger partial charge in [0, 0.05) is 43.6 Å². The lowest BCUT2D eigenvalue weighted by Gasteiger charge is -2.22. The third-order valence-electron chi connectivity index (χ3n) is 14.8. The Bertz CT molecular complexity index is 4380. The lowest BCUT2D eigenvalue weighted by atomic mass is 9.82. The van der Waals surface area contributed by atoms with Crippen molar-refractivity contribution < 1.29 is 0 Å². The maximum absolute atomic E-state index is 5.64. The van der Waals surface area contributed by atoms with E-state index in [1.807, 2.05) is 0 Å². The van der Waals surface area contributed by atoms with Crippen LogP contribution in [0.25, 0.3) is 132 Å². The Morgan fingerprint density at radius 2 is 0.892 bits per heavy atom. The van der Waals surface area contributed by atoms with Crippen molar-refractivity contribution in [2.45, 2.75) is 19.3 Å². The topological polar surface area (TPSA) is 35.6 Å². The van der Waals surface area contributed by atoms with E-state index in [2.05, 4.69) is 217 Å². The predicted molar refractivity (Wildman–Crippen MR) is 272 cm³/mol. The smallest absolute Gasteiger partial charge is 0.235 e. The molecule has 0 aliphatic heterocycles. The highest BCUT2D eigenvalue weighted by molar-refractivity contribution is 6.41. The van der Waals surface area contributed by atoms with Gasteiger partial charge in [-0.2, -0.15) is 0 Å². The summed E-state index contributed by atoms with van der Waals surface area (Å²) < 4.78 is 4.78. The van der Waals surface area contributed by atoms with E-state index in [1.165, 1.54) is 97.9 Å². The first-order valence-corrected chi connectivity index (χ1v) is 22.6. The lowest BCUT2D eigenvalue weighted by Crippen LogP contribution is -2.15. The van der Waals surface area contributed by atoms with Gasteiger partial charge in [0.2, 0.25) is 5.95 Å². The summed E-state index contributed by atoms with van der Waals surface area (Å²) in [6.45, 7) is 4.69. The minimum Gasteiger partial charge on any atom is -0.309 e. The quantitative estimate of drug-likeness (QED) is 0.131. The largest absolute Gasteiger partial charge is 0.309 e. The lowest BCUT2D eigenvalue weighted by molar-refractivity contribution is 0.660. The van der Waals surface area contributed by atoms with Gasteiger partial charge in [-0.1, -0.05) is 159 Å². The van der Waals surface area contributed by atoms with Gasteiger partial charge in [-0.15, -0.1) is 0 Å². The van der Waals surface area contributed by atoms with E-state index >= 15 is 0 Å². The first kappa shape index (κ1) is 35.2. The number of para-hydroxylation sites is 4. The number of hydrogen-bond acceptors (Lipinski definition) is 2. The number of nitrogens with zero attached hydrogens (tertiary/aromatic N) is 4. The molecular weight excluding hydrogens is 789 g/mol. The van der Waals surface area contributed by atoms with Crippen molar-refractivity contribution in [1.29, 1.82) is 0 Å². The van der Waals surface area contributed by atoms with Gasteiger partial charge in [0.05, 0.1) is 33.3 Å².